The van der Waals surface area contributed by atoms with Crippen LogP contribution in [0.4, 0.5) is 32.2 Å². The number of anilines is 1. The van der Waals surface area contributed by atoms with Gasteiger partial charge < -0.3 is 10.1 Å². The summed E-state index contributed by atoms with van der Waals surface area (Å²) in [5, 5.41) is 2.19. The zero-order valence-electron chi connectivity index (χ0n) is 9.78. The van der Waals surface area contributed by atoms with E-state index in [1.807, 2.05) is 0 Å². The summed E-state index contributed by atoms with van der Waals surface area (Å²) in [6, 6.07) is 0.674. The van der Waals surface area contributed by atoms with Crippen LogP contribution in [0.1, 0.15) is 5.56 Å². The summed E-state index contributed by atoms with van der Waals surface area (Å²) in [4.78, 5) is 3.45. The molecule has 0 aliphatic carbocycles. The minimum Gasteiger partial charge on any atom is -0.370 e. The van der Waals surface area contributed by atoms with Crippen LogP contribution in [0.5, 0.6) is 0 Å². The summed E-state index contributed by atoms with van der Waals surface area (Å²) < 4.78 is 76.5. The van der Waals surface area contributed by atoms with Crippen molar-refractivity contribution in [2.75, 3.05) is 25.1 Å². The fourth-order valence-corrected chi connectivity index (χ4v) is 1.39. The van der Waals surface area contributed by atoms with Gasteiger partial charge in [0.15, 0.2) is 0 Å². The van der Waals surface area contributed by atoms with E-state index >= 15 is 0 Å². The van der Waals surface area contributed by atoms with Crippen LogP contribution in [0.2, 0.25) is 5.02 Å². The Balaban J connectivity index is 2.46. The van der Waals surface area contributed by atoms with Crippen molar-refractivity contribution in [3.8, 4) is 0 Å². The summed E-state index contributed by atoms with van der Waals surface area (Å²) in [7, 11) is 0. The van der Waals surface area contributed by atoms with Gasteiger partial charge in [0, 0.05) is 12.7 Å². The molecule has 0 atom stereocenters. The molecule has 3 nitrogen and oxygen atoms in total. The fraction of sp³-hybridized carbons (Fsp3) is 0.500. The van der Waals surface area contributed by atoms with Crippen molar-refractivity contribution in [3.63, 3.8) is 0 Å². The van der Waals surface area contributed by atoms with Crippen LogP contribution in [-0.2, 0) is 10.9 Å². The maximum Gasteiger partial charge on any atom is 0.417 e. The van der Waals surface area contributed by atoms with Gasteiger partial charge in [0.2, 0.25) is 0 Å². The summed E-state index contributed by atoms with van der Waals surface area (Å²) in [6.45, 7) is -1.77. The van der Waals surface area contributed by atoms with Gasteiger partial charge in [-0.3, -0.25) is 0 Å². The lowest BCUT2D eigenvalue weighted by molar-refractivity contribution is -0.172. The van der Waals surface area contributed by atoms with Crippen molar-refractivity contribution in [2.24, 2.45) is 0 Å². The number of hydrogen-bond acceptors (Lipinski definition) is 3. The average Bonchev–Trinajstić information content (AvgIpc) is 2.27. The first-order valence-corrected chi connectivity index (χ1v) is 5.58. The highest BCUT2D eigenvalue weighted by Crippen LogP contribution is 2.32. The van der Waals surface area contributed by atoms with Crippen LogP contribution >= 0.6 is 11.6 Å². The third-order valence-electron chi connectivity index (χ3n) is 1.97. The minimum absolute atomic E-state index is 0.0599. The second-order valence-corrected chi connectivity index (χ2v) is 4.05. The molecule has 0 aromatic carbocycles. The van der Waals surface area contributed by atoms with Gasteiger partial charge in [0.1, 0.15) is 12.4 Å². The summed E-state index contributed by atoms with van der Waals surface area (Å²) in [6.07, 6.45) is -8.42. The first-order chi connectivity index (χ1) is 9.09. The van der Waals surface area contributed by atoms with Gasteiger partial charge in [0.05, 0.1) is 17.2 Å². The van der Waals surface area contributed by atoms with Crippen molar-refractivity contribution < 1.29 is 31.1 Å². The van der Waals surface area contributed by atoms with E-state index in [1.165, 1.54) is 0 Å². The minimum atomic E-state index is -4.56. The average molecular weight is 323 g/mol. The highest BCUT2D eigenvalue weighted by Gasteiger charge is 2.31. The van der Waals surface area contributed by atoms with E-state index in [4.69, 9.17) is 11.6 Å². The van der Waals surface area contributed by atoms with Crippen molar-refractivity contribution in [2.45, 2.75) is 12.4 Å². The molecule has 0 bridgehead atoms. The van der Waals surface area contributed by atoms with Crippen LogP contribution in [0.15, 0.2) is 12.3 Å². The van der Waals surface area contributed by atoms with E-state index in [1.54, 1.807) is 0 Å². The maximum atomic E-state index is 12.3. The summed E-state index contributed by atoms with van der Waals surface area (Å²) in [5.74, 6) is -0.0599. The van der Waals surface area contributed by atoms with Crippen molar-refractivity contribution >= 4 is 17.4 Å². The molecule has 0 saturated heterocycles. The number of ether oxygens (including phenoxy) is 1. The molecule has 0 spiro atoms. The van der Waals surface area contributed by atoms with Gasteiger partial charge in [-0.05, 0) is 6.07 Å². The number of pyridine rings is 1. The quantitative estimate of drug-likeness (QED) is 0.662. The predicted molar refractivity (Wildman–Crippen MR) is 59.6 cm³/mol. The second kappa shape index (κ2) is 6.49. The summed E-state index contributed by atoms with van der Waals surface area (Å²) >= 11 is 5.58. The molecule has 0 radical (unpaired) electrons. The van der Waals surface area contributed by atoms with E-state index in [0.29, 0.717) is 12.3 Å². The van der Waals surface area contributed by atoms with E-state index in [0.717, 1.165) is 0 Å². The smallest absolute Gasteiger partial charge is 0.370 e. The maximum absolute atomic E-state index is 12.3. The Kier molecular flexibility index (Phi) is 5.46. The van der Waals surface area contributed by atoms with E-state index in [-0.39, 0.29) is 24.0 Å². The number of halogens is 7. The monoisotopic (exact) mass is 322 g/mol. The van der Waals surface area contributed by atoms with Crippen molar-refractivity contribution in [1.29, 1.82) is 0 Å². The van der Waals surface area contributed by atoms with Gasteiger partial charge in [-0.1, -0.05) is 11.6 Å². The molecule has 1 aromatic heterocycles. The van der Waals surface area contributed by atoms with Crippen LogP contribution in [0, 0.1) is 0 Å². The van der Waals surface area contributed by atoms with Gasteiger partial charge in [-0.25, -0.2) is 4.98 Å². The van der Waals surface area contributed by atoms with Crippen LogP contribution < -0.4 is 5.32 Å². The molecular weight excluding hydrogens is 314 g/mol. The number of rotatable bonds is 5. The SMILES string of the molecule is FC(F)(F)COCCNc1ncc(C(F)(F)F)cc1Cl. The molecule has 10 heteroatoms. The number of alkyl halides is 6. The summed E-state index contributed by atoms with van der Waals surface area (Å²) in [5.41, 5.74) is -1.01. The first kappa shape index (κ1) is 16.8. The standard InChI is InChI=1S/C10H9ClF6N2O/c11-7-3-6(10(15,16)17)4-19-8(7)18-1-2-20-5-9(12,13)14/h3-4H,1-2,5H2,(H,18,19). The molecule has 0 amide bonds. The number of aromatic nitrogens is 1. The molecule has 1 heterocycles. The molecule has 1 aromatic rings. The molecule has 0 fully saturated rings. The molecule has 114 valence electrons. The van der Waals surface area contributed by atoms with Gasteiger partial charge in [-0.15, -0.1) is 0 Å². The molecule has 0 aliphatic rings. The third kappa shape index (κ3) is 5.83. The highest BCUT2D eigenvalue weighted by molar-refractivity contribution is 6.32. The zero-order valence-corrected chi connectivity index (χ0v) is 10.5. The van der Waals surface area contributed by atoms with Crippen LogP contribution in [0.3, 0.4) is 0 Å². The Bertz CT molecular complexity index is 448. The Morgan fingerprint density at radius 1 is 1.20 bits per heavy atom. The predicted octanol–water partition coefficient (Wildman–Crippen LogP) is 3.74. The van der Waals surface area contributed by atoms with Gasteiger partial charge >= 0.3 is 12.4 Å². The molecule has 0 aliphatic heterocycles. The van der Waals surface area contributed by atoms with E-state index in [9.17, 15) is 26.3 Å². The van der Waals surface area contributed by atoms with Crippen LogP contribution in [-0.4, -0.2) is 30.9 Å². The van der Waals surface area contributed by atoms with E-state index in [2.05, 4.69) is 15.0 Å². The normalized spacial score (nSPS) is 12.6. The largest absolute Gasteiger partial charge is 0.417 e. The van der Waals surface area contributed by atoms with Crippen molar-refractivity contribution in [1.82, 2.24) is 4.98 Å². The third-order valence-corrected chi connectivity index (χ3v) is 2.26. The van der Waals surface area contributed by atoms with Crippen LogP contribution in [0.25, 0.3) is 0 Å². The Morgan fingerprint density at radius 2 is 1.85 bits per heavy atom. The molecule has 1 N–H and O–H groups in total. The van der Waals surface area contributed by atoms with Gasteiger partial charge in [-0.2, -0.15) is 26.3 Å². The molecular formula is C10H9ClF6N2O. The molecule has 20 heavy (non-hydrogen) atoms. The van der Waals surface area contributed by atoms with E-state index < -0.39 is 24.5 Å². The molecule has 0 unspecified atom stereocenters. The molecule has 0 saturated carbocycles. The van der Waals surface area contributed by atoms with Crippen molar-refractivity contribution in [3.05, 3.63) is 22.8 Å². The number of hydrogen-bond donors (Lipinski definition) is 1. The zero-order chi connectivity index (χ0) is 15.4. The number of nitrogens with zero attached hydrogens (tertiary/aromatic N) is 1. The number of nitrogens with one attached hydrogen (secondary N) is 1. The second-order valence-electron chi connectivity index (χ2n) is 3.65. The van der Waals surface area contributed by atoms with Gasteiger partial charge in [0.25, 0.3) is 0 Å². The Labute approximate surface area is 114 Å². The topological polar surface area (TPSA) is 34.1 Å². The lowest BCUT2D eigenvalue weighted by atomic mass is 10.3. The Hall–Kier alpha value is -1.22. The Morgan fingerprint density at radius 3 is 2.35 bits per heavy atom. The first-order valence-electron chi connectivity index (χ1n) is 5.21. The molecule has 1 rings (SSSR count). The highest BCUT2D eigenvalue weighted by atomic mass is 35.5. The lowest BCUT2D eigenvalue weighted by Crippen LogP contribution is -2.20. The fourth-order valence-electron chi connectivity index (χ4n) is 1.15. The lowest BCUT2D eigenvalue weighted by Gasteiger charge is -2.11.